The highest BCUT2D eigenvalue weighted by atomic mass is 32.2. The van der Waals surface area contributed by atoms with Gasteiger partial charge in [-0.2, -0.15) is 0 Å². The summed E-state index contributed by atoms with van der Waals surface area (Å²) in [6.07, 6.45) is -0.216. The van der Waals surface area contributed by atoms with Gasteiger partial charge in [0.05, 0.1) is 10.6 Å². The molecule has 2 atom stereocenters. The Kier molecular flexibility index (Phi) is 17.3. The lowest BCUT2D eigenvalue weighted by Gasteiger charge is -2.33. The van der Waals surface area contributed by atoms with Crippen LogP contribution in [0.4, 0.5) is 8.78 Å². The zero-order chi connectivity index (χ0) is 38.5. The van der Waals surface area contributed by atoms with E-state index < -0.39 is 15.8 Å². The van der Waals surface area contributed by atoms with Crippen LogP contribution in [0.2, 0.25) is 0 Å². The van der Waals surface area contributed by atoms with Crippen molar-refractivity contribution < 1.29 is 17.2 Å². The van der Waals surface area contributed by atoms with Gasteiger partial charge in [0.1, 0.15) is 0 Å². The summed E-state index contributed by atoms with van der Waals surface area (Å²) >= 11 is 0. The lowest BCUT2D eigenvalue weighted by molar-refractivity contribution is -0.00391. The molecule has 0 saturated carbocycles. The van der Waals surface area contributed by atoms with Crippen LogP contribution >= 0.6 is 0 Å². The van der Waals surface area contributed by atoms with Crippen LogP contribution < -0.4 is 0 Å². The van der Waals surface area contributed by atoms with Crippen LogP contribution in [0.3, 0.4) is 0 Å². The fourth-order valence-corrected chi connectivity index (χ4v) is 8.48. The average Bonchev–Trinajstić information content (AvgIpc) is 3.27. The van der Waals surface area contributed by atoms with Gasteiger partial charge < -0.3 is 0 Å². The quantitative estimate of drug-likeness (QED) is 0.182. The Morgan fingerprint density at radius 3 is 1.38 bits per heavy atom. The largest absolute Gasteiger partial charge is 0.277 e. The molecule has 1 aliphatic carbocycles. The van der Waals surface area contributed by atoms with E-state index in [0.29, 0.717) is 4.90 Å². The molecule has 0 fully saturated rings. The first kappa shape index (κ1) is 44.7. The van der Waals surface area contributed by atoms with E-state index in [1.165, 1.54) is 0 Å². The highest BCUT2D eigenvalue weighted by Crippen LogP contribution is 2.50. The Balaban J connectivity index is 0.000000417. The van der Waals surface area contributed by atoms with Crippen molar-refractivity contribution in [2.45, 2.75) is 132 Å². The third kappa shape index (κ3) is 10.4. The lowest BCUT2D eigenvalue weighted by atomic mass is 9.71. The van der Waals surface area contributed by atoms with E-state index in [2.05, 4.69) is 47.6 Å². The third-order valence-electron chi connectivity index (χ3n) is 8.45. The Labute approximate surface area is 304 Å². The van der Waals surface area contributed by atoms with Gasteiger partial charge in [-0.05, 0) is 50.3 Å². The first-order chi connectivity index (χ1) is 23.6. The molecule has 0 spiro atoms. The number of hydrogen-bond acceptors (Lipinski definition) is 2. The molecule has 0 amide bonds. The van der Waals surface area contributed by atoms with E-state index in [4.69, 9.17) is 0 Å². The van der Waals surface area contributed by atoms with Crippen molar-refractivity contribution in [3.05, 3.63) is 136 Å². The minimum atomic E-state index is -3.29. The van der Waals surface area contributed by atoms with Gasteiger partial charge in [0, 0.05) is 23.8 Å². The summed E-state index contributed by atoms with van der Waals surface area (Å²) in [4.78, 5) is 0.487. The Hall–Kier alpha value is -3.31. The molecule has 0 N–H and O–H groups in total. The van der Waals surface area contributed by atoms with E-state index in [-0.39, 0.29) is 40.4 Å². The topological polar surface area (TPSA) is 34.1 Å². The second kappa shape index (κ2) is 19.3. The zero-order valence-corrected chi connectivity index (χ0v) is 34.1. The number of sulfone groups is 1. The zero-order valence-electron chi connectivity index (χ0n) is 33.3. The predicted molar refractivity (Wildman–Crippen MR) is 212 cm³/mol. The molecule has 2 nitrogen and oxygen atoms in total. The van der Waals surface area contributed by atoms with Gasteiger partial charge in [-0.15, -0.1) is 0 Å². The highest BCUT2D eigenvalue weighted by Gasteiger charge is 2.43. The van der Waals surface area contributed by atoms with E-state index in [1.807, 2.05) is 128 Å². The molecule has 0 saturated heterocycles. The molecule has 4 aromatic carbocycles. The second-order valence-corrected chi connectivity index (χ2v) is 15.7. The van der Waals surface area contributed by atoms with Crippen LogP contribution in [0.5, 0.6) is 0 Å². The summed E-state index contributed by atoms with van der Waals surface area (Å²) in [5.74, 6) is -2.65. The van der Waals surface area contributed by atoms with Crippen molar-refractivity contribution in [2.75, 3.05) is 0 Å². The van der Waals surface area contributed by atoms with Crippen LogP contribution in [-0.2, 0) is 27.9 Å². The van der Waals surface area contributed by atoms with Crippen molar-refractivity contribution in [1.29, 1.82) is 0 Å². The van der Waals surface area contributed by atoms with Gasteiger partial charge in [0.25, 0.3) is 5.92 Å². The Morgan fingerprint density at radius 2 is 0.880 bits per heavy atom. The maximum absolute atomic E-state index is 14.7. The van der Waals surface area contributed by atoms with Gasteiger partial charge in [0.15, 0.2) is 9.84 Å². The van der Waals surface area contributed by atoms with Crippen LogP contribution in [0.15, 0.2) is 102 Å². The Bertz CT molecular complexity index is 1710. The van der Waals surface area contributed by atoms with Crippen molar-refractivity contribution in [3.8, 4) is 0 Å². The molecule has 4 aromatic rings. The normalized spacial score (nSPS) is 17.5. The van der Waals surface area contributed by atoms with Crippen LogP contribution in [0.25, 0.3) is 0 Å². The molecule has 0 aromatic heterocycles. The summed E-state index contributed by atoms with van der Waals surface area (Å²) < 4.78 is 54.9. The van der Waals surface area contributed by atoms with Gasteiger partial charge in [-0.3, -0.25) is 0 Å². The van der Waals surface area contributed by atoms with Crippen molar-refractivity contribution in [1.82, 2.24) is 0 Å². The maximum Gasteiger partial charge on any atom is 0.277 e. The summed E-state index contributed by atoms with van der Waals surface area (Å²) in [5.41, 5.74) is 5.56. The smallest absolute Gasteiger partial charge is 0.223 e. The number of alkyl halides is 2. The van der Waals surface area contributed by atoms with E-state index in [1.54, 1.807) is 18.2 Å². The SMILES string of the molecule is CC.CC.CC.CC.CC(C)(C)C1c2ccccc2CC(F)(F)c2ccccc21.CC(C)(C)C1c2ccccc2CS(=O)(=O)c2ccccc21. The Morgan fingerprint density at radius 1 is 0.520 bits per heavy atom. The molecular formula is C45H64F2O2S. The molecule has 1 aliphatic heterocycles. The van der Waals surface area contributed by atoms with Crippen molar-refractivity contribution >= 4 is 9.84 Å². The van der Waals surface area contributed by atoms with Crippen LogP contribution in [0, 0.1) is 10.8 Å². The molecule has 0 radical (unpaired) electrons. The summed E-state index contributed by atoms with van der Waals surface area (Å²) in [6.45, 7) is 28.9. The van der Waals surface area contributed by atoms with Crippen LogP contribution in [0.1, 0.15) is 148 Å². The van der Waals surface area contributed by atoms with Gasteiger partial charge in [-0.1, -0.05) is 188 Å². The van der Waals surface area contributed by atoms with E-state index >= 15 is 0 Å². The third-order valence-corrected chi connectivity index (χ3v) is 10.2. The molecule has 50 heavy (non-hydrogen) atoms. The van der Waals surface area contributed by atoms with Gasteiger partial charge >= 0.3 is 0 Å². The molecule has 2 aliphatic rings. The maximum atomic E-state index is 14.7. The first-order valence-electron chi connectivity index (χ1n) is 18.6. The number of rotatable bonds is 0. The summed E-state index contributed by atoms with van der Waals surface area (Å²) in [7, 11) is -3.29. The fraction of sp³-hybridized carbons (Fsp3) is 0.467. The van der Waals surface area contributed by atoms with Crippen molar-refractivity contribution in [2.24, 2.45) is 10.8 Å². The molecule has 2 unspecified atom stereocenters. The highest BCUT2D eigenvalue weighted by molar-refractivity contribution is 7.90. The average molecular weight is 707 g/mol. The summed E-state index contributed by atoms with van der Waals surface area (Å²) in [6, 6.07) is 30.0. The van der Waals surface area contributed by atoms with Gasteiger partial charge in [0.2, 0.25) is 0 Å². The number of fused-ring (bicyclic) bond motifs is 4. The molecule has 5 heteroatoms. The fourth-order valence-electron chi connectivity index (χ4n) is 6.83. The summed E-state index contributed by atoms with van der Waals surface area (Å²) in [5, 5.41) is 0. The molecule has 6 rings (SSSR count). The van der Waals surface area contributed by atoms with Crippen LogP contribution in [-0.4, -0.2) is 8.42 Å². The molecule has 0 bridgehead atoms. The van der Waals surface area contributed by atoms with Gasteiger partial charge in [-0.25, -0.2) is 17.2 Å². The lowest BCUT2D eigenvalue weighted by Crippen LogP contribution is -2.22. The number of benzene rings is 4. The molecule has 1 heterocycles. The minimum absolute atomic E-state index is 0.0155. The van der Waals surface area contributed by atoms with Crippen molar-refractivity contribution in [3.63, 3.8) is 0 Å². The van der Waals surface area contributed by atoms with E-state index in [9.17, 15) is 17.2 Å². The first-order valence-corrected chi connectivity index (χ1v) is 20.2. The number of halogens is 2. The van der Waals surface area contributed by atoms with E-state index in [0.717, 1.165) is 33.4 Å². The minimum Gasteiger partial charge on any atom is -0.223 e. The molecule has 276 valence electrons. The standard InChI is InChI=1S/C19H20F2.C18H20O2S.4C2H6/c1-18(2,3)17-14-9-5-4-8-13(14)12-19(20,21)16-11-7-6-10-15(16)17;1-18(2,3)17-14-9-5-4-8-13(14)12-21(19,20)16-11-7-6-10-15(16)17;4*1-2/h2*4-11,17H,12H2,1-3H3;4*1-2H3. The predicted octanol–water partition coefficient (Wildman–Crippen LogP) is 13.8. The number of hydrogen-bond donors (Lipinski definition) is 0. The monoisotopic (exact) mass is 706 g/mol. The molecular weight excluding hydrogens is 643 g/mol. The second-order valence-electron chi connectivity index (χ2n) is 13.8.